The number of thiazole rings is 1. The number of carbonyl (C=O) groups is 1. The number of hydrogen-bond acceptors (Lipinski definition) is 4. The topological polar surface area (TPSA) is 68.0 Å². The Kier molecular flexibility index (Phi) is 3.57. The first-order valence-electron chi connectivity index (χ1n) is 5.31. The first kappa shape index (κ1) is 12.5. The predicted molar refractivity (Wildman–Crippen MR) is 68.8 cm³/mol. The Morgan fingerprint density at radius 1 is 1.56 bits per heavy atom. The molecule has 3 N–H and O–H groups in total. The van der Waals surface area contributed by atoms with Crippen molar-refractivity contribution in [1.29, 1.82) is 0 Å². The highest BCUT2D eigenvalue weighted by Gasteiger charge is 2.12. The van der Waals surface area contributed by atoms with E-state index < -0.39 is 11.7 Å². The van der Waals surface area contributed by atoms with Crippen LogP contribution in [0.1, 0.15) is 20.2 Å². The van der Waals surface area contributed by atoms with Gasteiger partial charge in [0, 0.05) is 11.1 Å². The maximum atomic E-state index is 13.2. The van der Waals surface area contributed by atoms with Gasteiger partial charge in [-0.25, -0.2) is 9.37 Å². The SMILES string of the molecule is Cc1ncc(CNC(=O)c2cccc(F)c2N)s1. The van der Waals surface area contributed by atoms with E-state index in [9.17, 15) is 9.18 Å². The molecule has 1 aromatic carbocycles. The van der Waals surface area contributed by atoms with Crippen LogP contribution in [-0.4, -0.2) is 10.9 Å². The van der Waals surface area contributed by atoms with Crippen LogP contribution in [0.3, 0.4) is 0 Å². The molecule has 2 aromatic rings. The molecule has 1 aromatic heterocycles. The molecule has 0 spiro atoms. The summed E-state index contributed by atoms with van der Waals surface area (Å²) in [5.74, 6) is -0.977. The Hall–Kier alpha value is -1.95. The molecule has 6 heteroatoms. The Bertz CT molecular complexity index is 582. The van der Waals surface area contributed by atoms with E-state index in [4.69, 9.17) is 5.73 Å². The van der Waals surface area contributed by atoms with Crippen LogP contribution in [0.15, 0.2) is 24.4 Å². The van der Waals surface area contributed by atoms with Gasteiger partial charge < -0.3 is 11.1 Å². The van der Waals surface area contributed by atoms with Crippen molar-refractivity contribution in [2.45, 2.75) is 13.5 Å². The summed E-state index contributed by atoms with van der Waals surface area (Å²) in [7, 11) is 0. The fourth-order valence-corrected chi connectivity index (χ4v) is 2.22. The average Bonchev–Trinajstić information content (AvgIpc) is 2.76. The average molecular weight is 265 g/mol. The molecule has 0 saturated heterocycles. The van der Waals surface area contributed by atoms with E-state index in [2.05, 4.69) is 10.3 Å². The van der Waals surface area contributed by atoms with Gasteiger partial charge in [0.05, 0.1) is 22.8 Å². The summed E-state index contributed by atoms with van der Waals surface area (Å²) >= 11 is 1.50. The summed E-state index contributed by atoms with van der Waals surface area (Å²) in [5.41, 5.74) is 5.53. The minimum Gasteiger partial charge on any atom is -0.396 e. The number of nitrogens with two attached hydrogens (primary N) is 1. The van der Waals surface area contributed by atoms with Crippen LogP contribution in [0.25, 0.3) is 0 Å². The molecule has 0 fully saturated rings. The van der Waals surface area contributed by atoms with E-state index in [0.29, 0.717) is 6.54 Å². The highest BCUT2D eigenvalue weighted by Crippen LogP contribution is 2.16. The van der Waals surface area contributed by atoms with Crippen LogP contribution in [-0.2, 0) is 6.54 Å². The number of hydrogen-bond donors (Lipinski definition) is 2. The molecule has 2 rings (SSSR count). The molecule has 0 saturated carbocycles. The van der Waals surface area contributed by atoms with E-state index in [1.165, 1.54) is 29.5 Å². The van der Waals surface area contributed by atoms with E-state index in [1.807, 2.05) is 6.92 Å². The van der Waals surface area contributed by atoms with Crippen LogP contribution in [0.4, 0.5) is 10.1 Å². The number of anilines is 1. The minimum atomic E-state index is -0.587. The van der Waals surface area contributed by atoms with Crippen molar-refractivity contribution in [2.24, 2.45) is 0 Å². The largest absolute Gasteiger partial charge is 0.396 e. The maximum Gasteiger partial charge on any atom is 0.253 e. The number of amides is 1. The van der Waals surface area contributed by atoms with Gasteiger partial charge in [-0.3, -0.25) is 4.79 Å². The number of aryl methyl sites for hydroxylation is 1. The molecular weight excluding hydrogens is 253 g/mol. The predicted octanol–water partition coefficient (Wildman–Crippen LogP) is 2.10. The number of benzene rings is 1. The number of nitrogens with zero attached hydrogens (tertiary/aromatic N) is 1. The second-order valence-corrected chi connectivity index (χ2v) is 5.05. The summed E-state index contributed by atoms with van der Waals surface area (Å²) in [6.45, 7) is 2.25. The zero-order chi connectivity index (χ0) is 13.1. The number of nitrogen functional groups attached to an aromatic ring is 1. The molecule has 94 valence electrons. The van der Waals surface area contributed by atoms with Crippen LogP contribution in [0.5, 0.6) is 0 Å². The van der Waals surface area contributed by atoms with Gasteiger partial charge in [0.25, 0.3) is 5.91 Å². The third kappa shape index (κ3) is 2.65. The molecule has 0 unspecified atom stereocenters. The summed E-state index contributed by atoms with van der Waals surface area (Å²) < 4.78 is 13.2. The Balaban J connectivity index is 2.06. The second kappa shape index (κ2) is 5.14. The molecule has 4 nitrogen and oxygen atoms in total. The molecule has 0 aliphatic rings. The van der Waals surface area contributed by atoms with Crippen molar-refractivity contribution < 1.29 is 9.18 Å². The molecular formula is C12H12FN3OS. The lowest BCUT2D eigenvalue weighted by atomic mass is 10.1. The highest BCUT2D eigenvalue weighted by atomic mass is 32.1. The van der Waals surface area contributed by atoms with Crippen LogP contribution in [0.2, 0.25) is 0 Å². The number of aromatic nitrogens is 1. The zero-order valence-corrected chi connectivity index (χ0v) is 10.6. The highest BCUT2D eigenvalue weighted by molar-refractivity contribution is 7.11. The number of carbonyl (C=O) groups excluding carboxylic acids is 1. The summed E-state index contributed by atoms with van der Waals surface area (Å²) in [5, 5.41) is 3.62. The normalized spacial score (nSPS) is 10.3. The van der Waals surface area contributed by atoms with Crippen LogP contribution in [0, 0.1) is 12.7 Å². The molecule has 0 atom stereocenters. The smallest absolute Gasteiger partial charge is 0.253 e. The molecule has 0 aliphatic carbocycles. The number of nitrogens with one attached hydrogen (secondary N) is 1. The molecule has 0 bridgehead atoms. The molecule has 1 amide bonds. The summed E-state index contributed by atoms with van der Waals surface area (Å²) in [6.07, 6.45) is 1.70. The Morgan fingerprint density at radius 2 is 2.33 bits per heavy atom. The van der Waals surface area contributed by atoms with Crippen molar-refractivity contribution in [1.82, 2.24) is 10.3 Å². The number of rotatable bonds is 3. The Labute approximate surface area is 108 Å². The first-order valence-corrected chi connectivity index (χ1v) is 6.13. The van der Waals surface area contributed by atoms with Crippen LogP contribution < -0.4 is 11.1 Å². The lowest BCUT2D eigenvalue weighted by Crippen LogP contribution is -2.23. The van der Waals surface area contributed by atoms with Gasteiger partial charge in [-0.05, 0) is 19.1 Å². The van der Waals surface area contributed by atoms with Gasteiger partial charge in [0.15, 0.2) is 0 Å². The van der Waals surface area contributed by atoms with Gasteiger partial charge >= 0.3 is 0 Å². The minimum absolute atomic E-state index is 0.129. The summed E-state index contributed by atoms with van der Waals surface area (Å²) in [6, 6.07) is 4.17. The fourth-order valence-electron chi connectivity index (χ4n) is 1.48. The van der Waals surface area contributed by atoms with E-state index in [-0.39, 0.29) is 11.3 Å². The van der Waals surface area contributed by atoms with Gasteiger partial charge in [-0.2, -0.15) is 0 Å². The summed E-state index contributed by atoms with van der Waals surface area (Å²) in [4.78, 5) is 16.8. The van der Waals surface area contributed by atoms with Gasteiger partial charge in [0.2, 0.25) is 0 Å². The number of halogens is 1. The molecule has 0 radical (unpaired) electrons. The molecule has 1 heterocycles. The van der Waals surface area contributed by atoms with Crippen molar-refractivity contribution in [3.05, 3.63) is 45.7 Å². The van der Waals surface area contributed by atoms with Crippen molar-refractivity contribution in [3.8, 4) is 0 Å². The molecule has 0 aliphatic heterocycles. The Morgan fingerprint density at radius 3 is 3.00 bits per heavy atom. The lowest BCUT2D eigenvalue weighted by molar-refractivity contribution is 0.0952. The van der Waals surface area contributed by atoms with Crippen molar-refractivity contribution in [2.75, 3.05) is 5.73 Å². The van der Waals surface area contributed by atoms with Gasteiger partial charge in [0.1, 0.15) is 5.82 Å². The van der Waals surface area contributed by atoms with Crippen LogP contribution >= 0.6 is 11.3 Å². The molecule has 18 heavy (non-hydrogen) atoms. The van der Waals surface area contributed by atoms with E-state index in [0.717, 1.165) is 9.88 Å². The first-order chi connectivity index (χ1) is 8.58. The second-order valence-electron chi connectivity index (χ2n) is 3.73. The fraction of sp³-hybridized carbons (Fsp3) is 0.167. The third-order valence-electron chi connectivity index (χ3n) is 2.39. The standard InChI is InChI=1S/C12H12FN3OS/c1-7-15-5-8(18-7)6-16-12(17)9-3-2-4-10(13)11(9)14/h2-5H,6,14H2,1H3,(H,16,17). The van der Waals surface area contributed by atoms with Crippen molar-refractivity contribution in [3.63, 3.8) is 0 Å². The third-order valence-corrected chi connectivity index (χ3v) is 3.30. The maximum absolute atomic E-state index is 13.2. The van der Waals surface area contributed by atoms with Crippen molar-refractivity contribution >= 4 is 22.9 Å². The van der Waals surface area contributed by atoms with E-state index >= 15 is 0 Å². The monoisotopic (exact) mass is 265 g/mol. The quantitative estimate of drug-likeness (QED) is 0.835. The van der Waals surface area contributed by atoms with E-state index in [1.54, 1.807) is 6.20 Å². The lowest BCUT2D eigenvalue weighted by Gasteiger charge is -2.06. The number of para-hydroxylation sites is 1. The van der Waals surface area contributed by atoms with Gasteiger partial charge in [-0.1, -0.05) is 6.07 Å². The zero-order valence-electron chi connectivity index (χ0n) is 9.74. The van der Waals surface area contributed by atoms with Gasteiger partial charge in [-0.15, -0.1) is 11.3 Å².